The van der Waals surface area contributed by atoms with Gasteiger partial charge in [0.15, 0.2) is 0 Å². The van der Waals surface area contributed by atoms with Gasteiger partial charge in [0, 0.05) is 24.0 Å². The first kappa shape index (κ1) is 20.5. The van der Waals surface area contributed by atoms with Gasteiger partial charge in [-0.1, -0.05) is 32.0 Å². The van der Waals surface area contributed by atoms with Gasteiger partial charge in [0.2, 0.25) is 5.91 Å². The number of amides is 1. The van der Waals surface area contributed by atoms with Crippen molar-refractivity contribution in [3.8, 4) is 5.75 Å². The number of nitrogens with zero attached hydrogens (tertiary/aromatic N) is 1. The van der Waals surface area contributed by atoms with E-state index < -0.39 is 0 Å². The summed E-state index contributed by atoms with van der Waals surface area (Å²) < 4.78 is 5.23. The van der Waals surface area contributed by atoms with Gasteiger partial charge in [0.25, 0.3) is 0 Å². The maximum absolute atomic E-state index is 12.4. The average molecular weight is 375 g/mol. The molecule has 0 saturated carbocycles. The molecule has 1 heterocycles. The number of ether oxygens (including phenoxy) is 1. The summed E-state index contributed by atoms with van der Waals surface area (Å²) >= 11 is 1.77. The molecule has 1 amide bonds. The lowest BCUT2D eigenvalue weighted by molar-refractivity contribution is -0.123. The largest absolute Gasteiger partial charge is 0.497 e. The van der Waals surface area contributed by atoms with E-state index in [9.17, 15) is 4.79 Å². The lowest BCUT2D eigenvalue weighted by atomic mass is 10.1. The molecule has 1 atom stereocenters. The zero-order valence-corrected chi connectivity index (χ0v) is 17.0. The summed E-state index contributed by atoms with van der Waals surface area (Å²) in [6.07, 6.45) is 0.950. The molecule has 142 valence electrons. The number of hydrogen-bond acceptors (Lipinski definition) is 4. The Bertz CT molecular complexity index is 653. The zero-order valence-electron chi connectivity index (χ0n) is 16.2. The third kappa shape index (κ3) is 6.81. The second-order valence-corrected chi connectivity index (χ2v) is 8.12. The van der Waals surface area contributed by atoms with Gasteiger partial charge in [-0.25, -0.2) is 0 Å². The third-order valence-corrected chi connectivity index (χ3v) is 5.20. The second kappa shape index (κ2) is 10.3. The highest BCUT2D eigenvalue weighted by Gasteiger charge is 2.19. The van der Waals surface area contributed by atoms with Crippen molar-refractivity contribution in [1.82, 2.24) is 10.2 Å². The van der Waals surface area contributed by atoms with E-state index in [-0.39, 0.29) is 11.9 Å². The molecular weight excluding hydrogens is 344 g/mol. The van der Waals surface area contributed by atoms with Crippen molar-refractivity contribution in [2.75, 3.05) is 20.2 Å². The number of carbonyl (C=O) groups is 1. The molecule has 4 nitrogen and oxygen atoms in total. The average Bonchev–Trinajstić information content (AvgIpc) is 3.13. The summed E-state index contributed by atoms with van der Waals surface area (Å²) in [4.78, 5) is 16.0. The van der Waals surface area contributed by atoms with Crippen LogP contribution in [0.2, 0.25) is 0 Å². The normalized spacial score (nSPS) is 12.4. The van der Waals surface area contributed by atoms with Crippen molar-refractivity contribution in [3.63, 3.8) is 0 Å². The molecule has 0 unspecified atom stereocenters. The van der Waals surface area contributed by atoms with Crippen LogP contribution in [0, 0.1) is 5.92 Å². The summed E-state index contributed by atoms with van der Waals surface area (Å²) in [6.45, 7) is 8.27. The Balaban J connectivity index is 2.04. The van der Waals surface area contributed by atoms with Crippen LogP contribution in [0.5, 0.6) is 5.75 Å². The van der Waals surface area contributed by atoms with Gasteiger partial charge in [-0.15, -0.1) is 11.3 Å². The van der Waals surface area contributed by atoms with Crippen molar-refractivity contribution >= 4 is 17.2 Å². The molecule has 0 radical (unpaired) electrons. The molecular formula is C21H30N2O2S. The van der Waals surface area contributed by atoms with Gasteiger partial charge < -0.3 is 10.1 Å². The van der Waals surface area contributed by atoms with Crippen LogP contribution in [0.4, 0.5) is 0 Å². The van der Waals surface area contributed by atoms with Crippen LogP contribution in [0.25, 0.3) is 0 Å². The summed E-state index contributed by atoms with van der Waals surface area (Å²) in [5, 5.41) is 5.13. The molecule has 5 heteroatoms. The number of thiophene rings is 1. The maximum atomic E-state index is 12.4. The van der Waals surface area contributed by atoms with E-state index >= 15 is 0 Å². The van der Waals surface area contributed by atoms with Crippen molar-refractivity contribution in [2.24, 2.45) is 5.92 Å². The first-order valence-electron chi connectivity index (χ1n) is 9.14. The van der Waals surface area contributed by atoms with Crippen molar-refractivity contribution in [3.05, 3.63) is 52.2 Å². The van der Waals surface area contributed by atoms with Gasteiger partial charge >= 0.3 is 0 Å². The summed E-state index contributed by atoms with van der Waals surface area (Å²) in [5.74, 6) is 1.39. The van der Waals surface area contributed by atoms with E-state index in [2.05, 4.69) is 60.6 Å². The smallest absolute Gasteiger partial charge is 0.234 e. The first-order chi connectivity index (χ1) is 12.5. The van der Waals surface area contributed by atoms with Gasteiger partial charge in [0.05, 0.1) is 13.7 Å². The SMILES string of the molecule is COc1ccc(CN(CC(=O)NCC(C)C)[C@@H](C)Cc2cccs2)cc1. The zero-order chi connectivity index (χ0) is 18.9. The Morgan fingerprint density at radius 2 is 1.92 bits per heavy atom. The Hall–Kier alpha value is -1.85. The molecule has 0 bridgehead atoms. The monoisotopic (exact) mass is 374 g/mol. The lowest BCUT2D eigenvalue weighted by Crippen LogP contribution is -2.43. The molecule has 0 aliphatic carbocycles. The van der Waals surface area contributed by atoms with E-state index in [1.807, 2.05) is 12.1 Å². The highest BCUT2D eigenvalue weighted by atomic mass is 32.1. The van der Waals surface area contributed by atoms with Crippen molar-refractivity contribution in [2.45, 2.75) is 39.8 Å². The highest BCUT2D eigenvalue weighted by molar-refractivity contribution is 7.09. The Morgan fingerprint density at radius 3 is 2.50 bits per heavy atom. The number of benzene rings is 1. The number of nitrogens with one attached hydrogen (secondary N) is 1. The van der Waals surface area contributed by atoms with Gasteiger partial charge in [-0.05, 0) is 48.4 Å². The Labute approximate surface area is 161 Å². The predicted molar refractivity (Wildman–Crippen MR) is 109 cm³/mol. The fraction of sp³-hybridized carbons (Fsp3) is 0.476. The fourth-order valence-corrected chi connectivity index (χ4v) is 3.57. The summed E-state index contributed by atoms with van der Waals surface area (Å²) in [5.41, 5.74) is 1.18. The van der Waals surface area contributed by atoms with Gasteiger partial charge in [0.1, 0.15) is 5.75 Å². The number of methoxy groups -OCH3 is 1. The molecule has 1 aromatic carbocycles. The molecule has 0 aliphatic rings. The third-order valence-electron chi connectivity index (χ3n) is 4.30. The van der Waals surface area contributed by atoms with E-state index in [1.54, 1.807) is 18.4 Å². The number of carbonyl (C=O) groups excluding carboxylic acids is 1. The first-order valence-corrected chi connectivity index (χ1v) is 10.0. The summed E-state index contributed by atoms with van der Waals surface area (Å²) in [6, 6.07) is 12.6. The van der Waals surface area contributed by atoms with Crippen LogP contribution in [-0.2, 0) is 17.8 Å². The van der Waals surface area contributed by atoms with E-state index in [0.717, 1.165) is 18.7 Å². The molecule has 2 rings (SSSR count). The minimum atomic E-state index is 0.0882. The maximum Gasteiger partial charge on any atom is 0.234 e. The Morgan fingerprint density at radius 1 is 1.19 bits per heavy atom. The van der Waals surface area contributed by atoms with Crippen LogP contribution in [0.3, 0.4) is 0 Å². The van der Waals surface area contributed by atoms with Crippen molar-refractivity contribution < 1.29 is 9.53 Å². The predicted octanol–water partition coefficient (Wildman–Crippen LogP) is 3.96. The van der Waals surface area contributed by atoms with Crippen LogP contribution < -0.4 is 10.1 Å². The van der Waals surface area contributed by atoms with Crippen LogP contribution >= 0.6 is 11.3 Å². The topological polar surface area (TPSA) is 41.6 Å². The van der Waals surface area contributed by atoms with Crippen LogP contribution in [0.1, 0.15) is 31.2 Å². The second-order valence-electron chi connectivity index (χ2n) is 7.08. The molecule has 0 aliphatic heterocycles. The molecule has 26 heavy (non-hydrogen) atoms. The summed E-state index contributed by atoms with van der Waals surface area (Å²) in [7, 11) is 1.67. The van der Waals surface area contributed by atoms with E-state index in [4.69, 9.17) is 4.74 Å². The van der Waals surface area contributed by atoms with Gasteiger partial charge in [-0.2, -0.15) is 0 Å². The quantitative estimate of drug-likeness (QED) is 0.684. The van der Waals surface area contributed by atoms with E-state index in [0.29, 0.717) is 19.0 Å². The minimum absolute atomic E-state index is 0.0882. The van der Waals surface area contributed by atoms with Crippen LogP contribution in [-0.4, -0.2) is 37.0 Å². The number of hydrogen-bond donors (Lipinski definition) is 1. The fourth-order valence-electron chi connectivity index (χ4n) is 2.74. The van der Waals surface area contributed by atoms with E-state index in [1.165, 1.54) is 10.4 Å². The molecule has 1 aromatic heterocycles. The molecule has 0 spiro atoms. The molecule has 0 fully saturated rings. The standard InChI is InChI=1S/C21H30N2O2S/c1-16(2)13-22-21(24)15-23(17(3)12-20-6-5-11-26-20)14-18-7-9-19(25-4)10-8-18/h5-11,16-17H,12-15H2,1-4H3,(H,22,24)/t17-/m0/s1. The lowest BCUT2D eigenvalue weighted by Gasteiger charge is -2.28. The van der Waals surface area contributed by atoms with Crippen LogP contribution in [0.15, 0.2) is 41.8 Å². The number of rotatable bonds is 10. The highest BCUT2D eigenvalue weighted by Crippen LogP contribution is 2.18. The Kier molecular flexibility index (Phi) is 8.13. The molecule has 2 aromatic rings. The molecule has 0 saturated heterocycles. The van der Waals surface area contributed by atoms with Crippen molar-refractivity contribution in [1.29, 1.82) is 0 Å². The van der Waals surface area contributed by atoms with Gasteiger partial charge in [-0.3, -0.25) is 9.69 Å². The molecule has 1 N–H and O–H groups in total. The minimum Gasteiger partial charge on any atom is -0.497 e.